The van der Waals surface area contributed by atoms with E-state index in [0.29, 0.717) is 11.6 Å². The van der Waals surface area contributed by atoms with E-state index >= 15 is 0 Å². The van der Waals surface area contributed by atoms with Crippen LogP contribution in [0.1, 0.15) is 41.8 Å². The highest BCUT2D eigenvalue weighted by Crippen LogP contribution is 2.36. The van der Waals surface area contributed by atoms with E-state index in [-0.39, 0.29) is 0 Å². The molecule has 2 heterocycles. The van der Waals surface area contributed by atoms with Crippen LogP contribution in [0.2, 0.25) is 0 Å². The fraction of sp³-hybridized carbons (Fsp3) is 0.108. The van der Waals surface area contributed by atoms with Crippen LogP contribution < -0.4 is 0 Å². The van der Waals surface area contributed by atoms with Crippen LogP contribution in [0, 0.1) is 0 Å². The molecule has 0 aliphatic heterocycles. The van der Waals surface area contributed by atoms with Crippen molar-refractivity contribution in [2.45, 2.75) is 25.7 Å². The van der Waals surface area contributed by atoms with Crippen LogP contribution in [0.5, 0.6) is 0 Å². The second-order valence-corrected chi connectivity index (χ2v) is 10.7. The van der Waals surface area contributed by atoms with Crippen molar-refractivity contribution in [3.63, 3.8) is 0 Å². The van der Waals surface area contributed by atoms with Crippen molar-refractivity contribution in [2.24, 2.45) is 0 Å². The van der Waals surface area contributed by atoms with Gasteiger partial charge in [-0.3, -0.25) is 0 Å². The molecule has 8 rings (SSSR count). The smallest absolute Gasteiger partial charge is 0.164 e. The number of aromatic nitrogens is 3. The highest BCUT2D eigenvalue weighted by Gasteiger charge is 2.19. The Morgan fingerprint density at radius 1 is 0.561 bits per heavy atom. The van der Waals surface area contributed by atoms with E-state index in [2.05, 4.69) is 60.7 Å². The molecule has 0 saturated heterocycles. The third-order valence-corrected chi connectivity index (χ3v) is 8.15. The van der Waals surface area contributed by atoms with E-state index in [1.54, 1.807) is 0 Å². The number of hydrogen-bond donors (Lipinski definition) is 0. The van der Waals surface area contributed by atoms with E-state index in [9.17, 15) is 0 Å². The monoisotopic (exact) mass is 529 g/mol. The zero-order valence-electron chi connectivity index (χ0n) is 22.5. The summed E-state index contributed by atoms with van der Waals surface area (Å²) in [6.07, 6.45) is 13.1. The first-order valence-electron chi connectivity index (χ1n) is 14.2. The van der Waals surface area contributed by atoms with Crippen LogP contribution in [-0.4, -0.2) is 15.0 Å². The third-order valence-electron chi connectivity index (χ3n) is 8.15. The van der Waals surface area contributed by atoms with Crippen molar-refractivity contribution in [2.75, 3.05) is 0 Å². The first kappa shape index (κ1) is 23.8. The van der Waals surface area contributed by atoms with E-state index in [0.717, 1.165) is 70.1 Å². The molecule has 0 N–H and O–H groups in total. The number of allylic oxidation sites excluding steroid dienone is 5. The van der Waals surface area contributed by atoms with E-state index < -0.39 is 0 Å². The van der Waals surface area contributed by atoms with E-state index in [1.165, 1.54) is 22.3 Å². The Morgan fingerprint density at radius 2 is 1.32 bits per heavy atom. The minimum Gasteiger partial charge on any atom is -0.456 e. The second-order valence-electron chi connectivity index (χ2n) is 10.7. The molecular formula is C37H27N3O. The van der Waals surface area contributed by atoms with Gasteiger partial charge in [-0.25, -0.2) is 15.0 Å². The number of para-hydroxylation sites is 1. The molecule has 0 unspecified atom stereocenters. The van der Waals surface area contributed by atoms with Gasteiger partial charge in [0, 0.05) is 21.9 Å². The molecule has 4 heteroatoms. The first-order valence-corrected chi connectivity index (χ1v) is 14.2. The summed E-state index contributed by atoms with van der Waals surface area (Å²) in [6, 6.07) is 31.2. The average molecular weight is 530 g/mol. The van der Waals surface area contributed by atoms with Gasteiger partial charge in [-0.15, -0.1) is 0 Å². The largest absolute Gasteiger partial charge is 0.456 e. The van der Waals surface area contributed by atoms with Crippen LogP contribution in [0.25, 0.3) is 61.9 Å². The van der Waals surface area contributed by atoms with Crippen molar-refractivity contribution in [3.8, 4) is 22.8 Å². The Balaban J connectivity index is 1.23. The number of aryl methyl sites for hydroxylation is 1. The lowest BCUT2D eigenvalue weighted by Crippen LogP contribution is -2.05. The van der Waals surface area contributed by atoms with Gasteiger partial charge in [0.2, 0.25) is 0 Å². The van der Waals surface area contributed by atoms with Gasteiger partial charge in [0.25, 0.3) is 0 Å². The van der Waals surface area contributed by atoms with Gasteiger partial charge in [-0.05, 0) is 71.7 Å². The maximum Gasteiger partial charge on any atom is 0.164 e. The van der Waals surface area contributed by atoms with Crippen LogP contribution >= 0.6 is 0 Å². The molecule has 0 atom stereocenters. The molecule has 0 fully saturated rings. The summed E-state index contributed by atoms with van der Waals surface area (Å²) in [4.78, 5) is 14.9. The summed E-state index contributed by atoms with van der Waals surface area (Å²) in [5, 5.41) is 2.20. The lowest BCUT2D eigenvalue weighted by Gasteiger charge is -2.20. The predicted octanol–water partition coefficient (Wildman–Crippen LogP) is 9.33. The highest BCUT2D eigenvalue weighted by atomic mass is 16.3. The minimum atomic E-state index is 0.647. The van der Waals surface area contributed by atoms with Gasteiger partial charge in [-0.1, -0.05) is 97.1 Å². The molecule has 0 saturated carbocycles. The Bertz CT molecular complexity index is 2050. The quantitative estimate of drug-likeness (QED) is 0.228. The van der Waals surface area contributed by atoms with E-state index in [4.69, 9.17) is 19.4 Å². The van der Waals surface area contributed by atoms with Gasteiger partial charge in [0.15, 0.2) is 17.5 Å². The van der Waals surface area contributed by atoms with Crippen LogP contribution in [0.4, 0.5) is 0 Å². The maximum atomic E-state index is 6.17. The predicted molar refractivity (Wildman–Crippen MR) is 167 cm³/mol. The van der Waals surface area contributed by atoms with Gasteiger partial charge in [0.1, 0.15) is 11.2 Å². The summed E-state index contributed by atoms with van der Waals surface area (Å²) >= 11 is 0. The Labute approximate surface area is 238 Å². The first-order chi connectivity index (χ1) is 20.3. The molecule has 6 aromatic rings. The van der Waals surface area contributed by atoms with E-state index in [1.807, 2.05) is 54.6 Å². The summed E-state index contributed by atoms with van der Waals surface area (Å²) in [5.41, 5.74) is 10.2. The molecule has 2 aliphatic rings. The SMILES string of the molecule is C1=Cc2c(cccc2C2=CC=C(c3nc(-c4ccccc4)nc(-c4ccc5c(c4)oc4ccccc45)n3)CC2)CC1. The molecule has 4 nitrogen and oxygen atoms in total. The van der Waals surface area contributed by atoms with Crippen molar-refractivity contribution >= 4 is 39.2 Å². The highest BCUT2D eigenvalue weighted by molar-refractivity contribution is 6.05. The fourth-order valence-corrected chi connectivity index (χ4v) is 6.03. The Kier molecular flexibility index (Phi) is 5.70. The number of rotatable bonds is 4. The summed E-state index contributed by atoms with van der Waals surface area (Å²) in [7, 11) is 0. The zero-order chi connectivity index (χ0) is 27.2. The molecule has 0 radical (unpaired) electrons. The number of furan rings is 1. The minimum absolute atomic E-state index is 0.647. The van der Waals surface area contributed by atoms with Gasteiger partial charge < -0.3 is 4.42 Å². The number of hydrogen-bond acceptors (Lipinski definition) is 4. The Hall–Kier alpha value is -5.09. The lowest BCUT2D eigenvalue weighted by atomic mass is 9.86. The summed E-state index contributed by atoms with van der Waals surface area (Å²) < 4.78 is 6.17. The molecule has 2 aromatic heterocycles. The van der Waals surface area contributed by atoms with Gasteiger partial charge in [0.05, 0.1) is 0 Å². The summed E-state index contributed by atoms with van der Waals surface area (Å²) in [5.74, 6) is 2.05. The topological polar surface area (TPSA) is 51.8 Å². The van der Waals surface area contributed by atoms with Crippen molar-refractivity contribution in [3.05, 3.63) is 132 Å². The molecule has 0 spiro atoms. The Morgan fingerprint density at radius 3 is 2.20 bits per heavy atom. The standard InChI is InChI=1S/C37H27N3O/c1-2-10-26(11-3-1)35-38-36(27-19-17-25(18-20-27)30-15-8-12-24-9-4-5-13-29(24)30)40-37(39-35)28-21-22-32-31-14-6-7-16-33(31)41-34(32)23-28/h1-3,5-8,10-17,19,21-23H,4,9,18,20H2. The van der Waals surface area contributed by atoms with Crippen molar-refractivity contribution in [1.29, 1.82) is 0 Å². The lowest BCUT2D eigenvalue weighted by molar-refractivity contribution is 0.669. The zero-order valence-corrected chi connectivity index (χ0v) is 22.5. The average Bonchev–Trinajstić information content (AvgIpc) is 3.43. The normalized spacial score (nSPS) is 14.6. The molecular weight excluding hydrogens is 502 g/mol. The van der Waals surface area contributed by atoms with Crippen LogP contribution in [0.15, 0.2) is 114 Å². The molecule has 0 amide bonds. The number of benzene rings is 4. The van der Waals surface area contributed by atoms with Crippen LogP contribution in [0.3, 0.4) is 0 Å². The maximum absolute atomic E-state index is 6.17. The van der Waals surface area contributed by atoms with Crippen molar-refractivity contribution in [1.82, 2.24) is 15.0 Å². The molecule has 2 aliphatic carbocycles. The summed E-state index contributed by atoms with van der Waals surface area (Å²) in [6.45, 7) is 0. The third kappa shape index (κ3) is 4.29. The number of nitrogens with zero attached hydrogens (tertiary/aromatic N) is 3. The van der Waals surface area contributed by atoms with Gasteiger partial charge >= 0.3 is 0 Å². The van der Waals surface area contributed by atoms with Gasteiger partial charge in [-0.2, -0.15) is 0 Å². The van der Waals surface area contributed by atoms with Crippen molar-refractivity contribution < 1.29 is 4.42 Å². The molecule has 41 heavy (non-hydrogen) atoms. The number of fused-ring (bicyclic) bond motifs is 4. The fourth-order valence-electron chi connectivity index (χ4n) is 6.03. The molecule has 0 bridgehead atoms. The van der Waals surface area contributed by atoms with Crippen LogP contribution in [-0.2, 0) is 6.42 Å². The molecule has 4 aromatic carbocycles. The molecule has 196 valence electrons. The second kappa shape index (κ2) is 9.83.